The van der Waals surface area contributed by atoms with E-state index in [9.17, 15) is 24.0 Å². The number of carbonyl (C=O) groups is 5. The van der Waals surface area contributed by atoms with Gasteiger partial charge in [0.05, 0.1) is 32.3 Å². The molecule has 7 N–H and O–H groups in total. The third kappa shape index (κ3) is 7.90. The first kappa shape index (κ1) is 21.3. The van der Waals surface area contributed by atoms with E-state index < -0.39 is 49.4 Å². The molecule has 0 aromatic heterocycles. The lowest BCUT2D eigenvalue weighted by molar-refractivity contribution is -0.142. The Kier molecular flexibility index (Phi) is 9.01. The molecule has 0 radical (unpaired) electrons. The fourth-order valence-electron chi connectivity index (χ4n) is 2.11. The van der Waals surface area contributed by atoms with Crippen molar-refractivity contribution < 1.29 is 34.2 Å². The van der Waals surface area contributed by atoms with Gasteiger partial charge in [0.1, 0.15) is 6.04 Å². The zero-order valence-corrected chi connectivity index (χ0v) is 14.0. The van der Waals surface area contributed by atoms with E-state index in [1.54, 1.807) is 0 Å². The first-order valence-corrected chi connectivity index (χ1v) is 8.01. The zero-order valence-electron chi connectivity index (χ0n) is 14.0. The van der Waals surface area contributed by atoms with Crippen LogP contribution in [0.3, 0.4) is 0 Å². The van der Waals surface area contributed by atoms with Gasteiger partial charge in [0.25, 0.3) is 0 Å². The molecule has 1 saturated heterocycles. The molecule has 1 fully saturated rings. The second-order valence-electron chi connectivity index (χ2n) is 5.56. The quantitative estimate of drug-likeness (QED) is 0.200. The van der Waals surface area contributed by atoms with Crippen molar-refractivity contribution >= 4 is 29.6 Å². The van der Waals surface area contributed by atoms with E-state index in [-0.39, 0.29) is 18.5 Å². The smallest absolute Gasteiger partial charge is 0.328 e. The first-order valence-electron chi connectivity index (χ1n) is 8.01. The highest BCUT2D eigenvalue weighted by atomic mass is 16.4. The van der Waals surface area contributed by atoms with Gasteiger partial charge in [-0.3, -0.25) is 19.2 Å². The van der Waals surface area contributed by atoms with Gasteiger partial charge in [-0.2, -0.15) is 0 Å². The molecular weight excluding hydrogens is 350 g/mol. The topological polar surface area (TPSA) is 186 Å². The Labute approximate surface area is 149 Å². The summed E-state index contributed by atoms with van der Waals surface area (Å²) in [5.74, 6) is -3.73. The largest absolute Gasteiger partial charge is 0.480 e. The van der Waals surface area contributed by atoms with Crippen LogP contribution in [0.25, 0.3) is 0 Å². The Balaban J connectivity index is 2.16. The minimum Gasteiger partial charge on any atom is -0.480 e. The van der Waals surface area contributed by atoms with E-state index in [2.05, 4.69) is 21.3 Å². The molecule has 0 spiro atoms. The highest BCUT2D eigenvalue weighted by Gasteiger charge is 2.22. The maximum Gasteiger partial charge on any atom is 0.328 e. The van der Waals surface area contributed by atoms with E-state index in [0.717, 1.165) is 13.0 Å². The lowest BCUT2D eigenvalue weighted by Crippen LogP contribution is -2.49. The lowest BCUT2D eigenvalue weighted by Gasteiger charge is -2.12. The number of aliphatic hydroxyl groups is 1. The van der Waals surface area contributed by atoms with Gasteiger partial charge < -0.3 is 36.8 Å². The normalized spacial score (nSPS) is 17.0. The minimum absolute atomic E-state index is 0.276. The molecule has 0 aromatic rings. The molecule has 1 heterocycles. The van der Waals surface area contributed by atoms with Crippen molar-refractivity contribution in [3.63, 3.8) is 0 Å². The third-order valence-electron chi connectivity index (χ3n) is 3.51. The second-order valence-corrected chi connectivity index (χ2v) is 5.56. The van der Waals surface area contributed by atoms with E-state index in [1.807, 2.05) is 5.32 Å². The number of hydrogen-bond donors (Lipinski definition) is 7. The van der Waals surface area contributed by atoms with Crippen molar-refractivity contribution in [1.82, 2.24) is 26.6 Å². The molecule has 1 aliphatic heterocycles. The van der Waals surface area contributed by atoms with E-state index >= 15 is 0 Å². The van der Waals surface area contributed by atoms with Crippen LogP contribution in [0.15, 0.2) is 0 Å². The number of aliphatic carboxylic acids is 1. The fraction of sp³-hybridized carbons (Fsp3) is 0.643. The highest BCUT2D eigenvalue weighted by Crippen LogP contribution is 2.03. The molecule has 26 heavy (non-hydrogen) atoms. The summed E-state index contributed by atoms with van der Waals surface area (Å²) < 4.78 is 0. The Morgan fingerprint density at radius 2 is 1.54 bits per heavy atom. The number of rotatable bonds is 10. The predicted octanol–water partition coefficient (Wildman–Crippen LogP) is -4.35. The molecule has 0 saturated carbocycles. The minimum atomic E-state index is -1.46. The summed E-state index contributed by atoms with van der Waals surface area (Å²) in [4.78, 5) is 56.8. The number of nitrogens with one attached hydrogen (secondary N) is 5. The Hall–Kier alpha value is -2.73. The van der Waals surface area contributed by atoms with E-state index in [4.69, 9.17) is 10.2 Å². The number of carbonyl (C=O) groups excluding carboxylic acids is 4. The summed E-state index contributed by atoms with van der Waals surface area (Å²) in [6.45, 7) is -1.23. The molecule has 1 aliphatic rings. The zero-order chi connectivity index (χ0) is 19.5. The van der Waals surface area contributed by atoms with Gasteiger partial charge in [-0.1, -0.05) is 0 Å². The predicted molar refractivity (Wildman–Crippen MR) is 86.7 cm³/mol. The van der Waals surface area contributed by atoms with E-state index in [0.29, 0.717) is 6.42 Å². The highest BCUT2D eigenvalue weighted by molar-refractivity contribution is 5.91. The van der Waals surface area contributed by atoms with Crippen molar-refractivity contribution in [1.29, 1.82) is 0 Å². The van der Waals surface area contributed by atoms with Crippen LogP contribution in [0.5, 0.6) is 0 Å². The number of hydrogen-bond acceptors (Lipinski definition) is 7. The molecule has 12 heteroatoms. The number of amides is 4. The Morgan fingerprint density at radius 3 is 2.04 bits per heavy atom. The third-order valence-corrected chi connectivity index (χ3v) is 3.51. The number of carboxylic acids is 1. The van der Waals surface area contributed by atoms with Crippen LogP contribution in [-0.2, 0) is 24.0 Å². The first-order chi connectivity index (χ1) is 12.3. The van der Waals surface area contributed by atoms with Crippen molar-refractivity contribution in [2.75, 3.05) is 32.8 Å². The Bertz CT molecular complexity index is 548. The monoisotopic (exact) mass is 373 g/mol. The Morgan fingerprint density at radius 1 is 0.962 bits per heavy atom. The average Bonchev–Trinajstić information content (AvgIpc) is 3.15. The van der Waals surface area contributed by atoms with Gasteiger partial charge in [0, 0.05) is 0 Å². The molecule has 0 bridgehead atoms. The van der Waals surface area contributed by atoms with Gasteiger partial charge in [0.2, 0.25) is 23.6 Å². The van der Waals surface area contributed by atoms with Gasteiger partial charge in [-0.15, -0.1) is 0 Å². The van der Waals surface area contributed by atoms with Crippen LogP contribution in [0, 0.1) is 0 Å². The molecule has 4 amide bonds. The van der Waals surface area contributed by atoms with Gasteiger partial charge in [-0.05, 0) is 19.4 Å². The molecule has 0 aromatic carbocycles. The number of aliphatic hydroxyl groups excluding tert-OH is 1. The van der Waals surface area contributed by atoms with Crippen LogP contribution in [0.1, 0.15) is 12.8 Å². The fourth-order valence-corrected chi connectivity index (χ4v) is 2.11. The van der Waals surface area contributed by atoms with Crippen molar-refractivity contribution in [3.05, 3.63) is 0 Å². The maximum atomic E-state index is 11.7. The molecule has 0 unspecified atom stereocenters. The van der Waals surface area contributed by atoms with Gasteiger partial charge in [0.15, 0.2) is 0 Å². The summed E-state index contributed by atoms with van der Waals surface area (Å²) in [5.41, 5.74) is 0. The van der Waals surface area contributed by atoms with Crippen molar-refractivity contribution in [2.24, 2.45) is 0 Å². The SMILES string of the molecule is O=C(CNC(=O)CNC(=O)[C@@H]1CCCN1)NCC(=O)N[C@@H](CO)C(=O)O. The maximum absolute atomic E-state index is 11.7. The molecule has 12 nitrogen and oxygen atoms in total. The van der Waals surface area contributed by atoms with Crippen molar-refractivity contribution in [2.45, 2.75) is 24.9 Å². The van der Waals surface area contributed by atoms with Gasteiger partial charge in [-0.25, -0.2) is 4.79 Å². The summed E-state index contributed by atoms with van der Waals surface area (Å²) in [6, 6.07) is -1.77. The van der Waals surface area contributed by atoms with E-state index in [1.165, 1.54) is 0 Å². The van der Waals surface area contributed by atoms with Crippen LogP contribution in [0.2, 0.25) is 0 Å². The van der Waals surface area contributed by atoms with Crippen LogP contribution < -0.4 is 26.6 Å². The van der Waals surface area contributed by atoms with Crippen LogP contribution >= 0.6 is 0 Å². The molecule has 1 rings (SSSR count). The molecular formula is C14H23N5O7. The summed E-state index contributed by atoms with van der Waals surface area (Å²) in [5, 5.41) is 29.3. The second kappa shape index (κ2) is 11.0. The lowest BCUT2D eigenvalue weighted by atomic mass is 10.2. The standard InChI is InChI=1S/C14H23N5O7/c20-7-9(14(25)26)19-12(23)6-17-10(21)4-16-11(22)5-18-13(24)8-2-1-3-15-8/h8-9,15,20H,1-7H2,(H,16,22)(H,17,21)(H,18,24)(H,19,23)(H,25,26)/t8-,9-/m0/s1. The van der Waals surface area contributed by atoms with Crippen molar-refractivity contribution in [3.8, 4) is 0 Å². The summed E-state index contributed by atoms with van der Waals surface area (Å²) in [7, 11) is 0. The van der Waals surface area contributed by atoms with Crippen LogP contribution in [0.4, 0.5) is 0 Å². The number of carboxylic acid groups (broad SMARTS) is 1. The summed E-state index contributed by atoms with van der Waals surface area (Å²) in [6.07, 6.45) is 1.60. The molecule has 146 valence electrons. The van der Waals surface area contributed by atoms with Gasteiger partial charge >= 0.3 is 5.97 Å². The van der Waals surface area contributed by atoms with Crippen LogP contribution in [-0.4, -0.2) is 84.7 Å². The average molecular weight is 373 g/mol. The molecule has 0 aliphatic carbocycles. The summed E-state index contributed by atoms with van der Waals surface area (Å²) >= 11 is 0. The molecule has 2 atom stereocenters.